The third-order valence-corrected chi connectivity index (χ3v) is 6.75. The summed E-state index contributed by atoms with van der Waals surface area (Å²) in [7, 11) is -3.81. The maximum Gasteiger partial charge on any atom is 0.260 e. The number of sulfonamides is 1. The second-order valence-corrected chi connectivity index (χ2v) is 10.5. The second kappa shape index (κ2) is 10.2. The zero-order chi connectivity index (χ0) is 24.3. The number of amides is 1. The van der Waals surface area contributed by atoms with Crippen LogP contribution >= 0.6 is 34.8 Å². The molecule has 0 radical (unpaired) electrons. The zero-order valence-electron chi connectivity index (χ0n) is 18.0. The molecule has 0 aliphatic heterocycles. The van der Waals surface area contributed by atoms with E-state index in [9.17, 15) is 13.2 Å². The lowest BCUT2D eigenvalue weighted by atomic mass is 10.2. The van der Waals surface area contributed by atoms with Gasteiger partial charge in [-0.3, -0.25) is 9.10 Å². The van der Waals surface area contributed by atoms with Gasteiger partial charge >= 0.3 is 0 Å². The monoisotopic (exact) mass is 526 g/mol. The molecule has 0 atom stereocenters. The van der Waals surface area contributed by atoms with Gasteiger partial charge < -0.3 is 4.57 Å². The summed E-state index contributed by atoms with van der Waals surface area (Å²) >= 11 is 18.1. The molecule has 7 nitrogen and oxygen atoms in total. The summed E-state index contributed by atoms with van der Waals surface area (Å²) in [4.78, 5) is 12.4. The molecule has 1 amide bonds. The highest BCUT2D eigenvalue weighted by molar-refractivity contribution is 7.92. The molecular weight excluding hydrogens is 507 g/mol. The predicted molar refractivity (Wildman–Crippen MR) is 135 cm³/mol. The molecule has 0 aliphatic rings. The van der Waals surface area contributed by atoms with E-state index in [2.05, 4.69) is 10.5 Å². The number of carbonyl (C=O) groups is 1. The van der Waals surface area contributed by atoms with Gasteiger partial charge in [0.2, 0.25) is 10.0 Å². The van der Waals surface area contributed by atoms with E-state index in [1.165, 1.54) is 24.4 Å². The van der Waals surface area contributed by atoms with Gasteiger partial charge in [-0.05, 0) is 62.4 Å². The van der Waals surface area contributed by atoms with E-state index in [1.807, 2.05) is 48.7 Å². The maximum absolute atomic E-state index is 12.4. The number of halogens is 3. The number of aryl methyl sites for hydroxylation is 1. The molecule has 11 heteroatoms. The van der Waals surface area contributed by atoms with Gasteiger partial charge in [-0.1, -0.05) is 34.8 Å². The Labute approximate surface area is 207 Å². The van der Waals surface area contributed by atoms with Crippen LogP contribution in [0.3, 0.4) is 0 Å². The van der Waals surface area contributed by atoms with Crippen molar-refractivity contribution in [3.05, 3.63) is 80.6 Å². The minimum Gasteiger partial charge on any atom is -0.318 e. The van der Waals surface area contributed by atoms with Crippen LogP contribution in [0.5, 0.6) is 0 Å². The SMILES string of the molecule is Cc1cc(/C=N\NC(=O)CN(c2cc(Cl)ccc2Cl)S(C)(=O)=O)c(C)n1-c1ccc(Cl)cc1. The fraction of sp³-hybridized carbons (Fsp3) is 0.182. The van der Waals surface area contributed by atoms with Crippen LogP contribution in [0.1, 0.15) is 17.0 Å². The number of nitrogens with zero attached hydrogens (tertiary/aromatic N) is 3. The molecule has 3 rings (SSSR count). The third kappa shape index (κ3) is 6.09. The number of anilines is 1. The summed E-state index contributed by atoms with van der Waals surface area (Å²) in [5.41, 5.74) is 6.09. The molecule has 0 bridgehead atoms. The summed E-state index contributed by atoms with van der Waals surface area (Å²) in [6, 6.07) is 13.7. The molecule has 0 saturated heterocycles. The summed E-state index contributed by atoms with van der Waals surface area (Å²) in [5.74, 6) is -0.640. The Kier molecular flexibility index (Phi) is 7.74. The van der Waals surface area contributed by atoms with Gasteiger partial charge in [-0.25, -0.2) is 13.8 Å². The van der Waals surface area contributed by atoms with E-state index in [-0.39, 0.29) is 15.7 Å². The highest BCUT2D eigenvalue weighted by Gasteiger charge is 2.23. The first-order chi connectivity index (χ1) is 15.5. The molecule has 1 N–H and O–H groups in total. The van der Waals surface area contributed by atoms with Crippen molar-refractivity contribution in [1.82, 2.24) is 9.99 Å². The first kappa shape index (κ1) is 25.1. The van der Waals surface area contributed by atoms with Crippen molar-refractivity contribution in [3.8, 4) is 5.69 Å². The molecule has 0 saturated carbocycles. The van der Waals surface area contributed by atoms with E-state index in [0.29, 0.717) is 5.02 Å². The predicted octanol–water partition coefficient (Wildman–Crippen LogP) is 4.97. The van der Waals surface area contributed by atoms with Crippen molar-refractivity contribution in [1.29, 1.82) is 0 Å². The molecular formula is C22H21Cl3N4O3S. The van der Waals surface area contributed by atoms with Crippen LogP contribution in [0, 0.1) is 13.8 Å². The average molecular weight is 528 g/mol. The summed E-state index contributed by atoms with van der Waals surface area (Å²) in [6.07, 6.45) is 2.48. The van der Waals surface area contributed by atoms with Gasteiger partial charge in [-0.15, -0.1) is 0 Å². The molecule has 174 valence electrons. The van der Waals surface area contributed by atoms with Crippen LogP contribution in [0.2, 0.25) is 15.1 Å². The normalized spacial score (nSPS) is 11.7. The van der Waals surface area contributed by atoms with Gasteiger partial charge in [0.1, 0.15) is 6.54 Å². The number of nitrogens with one attached hydrogen (secondary N) is 1. The molecule has 1 aromatic heterocycles. The lowest BCUT2D eigenvalue weighted by Gasteiger charge is -2.22. The van der Waals surface area contributed by atoms with Crippen LogP contribution in [-0.4, -0.2) is 37.9 Å². The Morgan fingerprint density at radius 1 is 1.06 bits per heavy atom. The van der Waals surface area contributed by atoms with Crippen molar-refractivity contribution in [3.63, 3.8) is 0 Å². The topological polar surface area (TPSA) is 83.8 Å². The molecule has 2 aromatic carbocycles. The second-order valence-electron chi connectivity index (χ2n) is 7.30. The summed E-state index contributed by atoms with van der Waals surface area (Å²) in [5, 5.41) is 5.08. The number of hydrazone groups is 1. The molecule has 1 heterocycles. The fourth-order valence-corrected chi connectivity index (χ4v) is 4.73. The van der Waals surface area contributed by atoms with Crippen LogP contribution in [-0.2, 0) is 14.8 Å². The fourth-order valence-electron chi connectivity index (χ4n) is 3.30. The maximum atomic E-state index is 12.4. The Balaban J connectivity index is 1.76. The van der Waals surface area contributed by atoms with Gasteiger partial charge in [0.25, 0.3) is 5.91 Å². The molecule has 0 spiro atoms. The van der Waals surface area contributed by atoms with Crippen LogP contribution in [0.25, 0.3) is 5.69 Å². The average Bonchev–Trinajstić information content (AvgIpc) is 3.01. The Bertz CT molecular complexity index is 1320. The zero-order valence-corrected chi connectivity index (χ0v) is 21.1. The molecule has 0 aliphatic carbocycles. The van der Waals surface area contributed by atoms with E-state index in [0.717, 1.165) is 33.2 Å². The van der Waals surface area contributed by atoms with Crippen LogP contribution in [0.4, 0.5) is 5.69 Å². The highest BCUT2D eigenvalue weighted by Crippen LogP contribution is 2.30. The van der Waals surface area contributed by atoms with E-state index in [4.69, 9.17) is 34.8 Å². The number of carbonyl (C=O) groups excluding carboxylic acids is 1. The van der Waals surface area contributed by atoms with Gasteiger partial charge in [0, 0.05) is 32.7 Å². The van der Waals surface area contributed by atoms with Gasteiger partial charge in [0.15, 0.2) is 0 Å². The lowest BCUT2D eigenvalue weighted by Crippen LogP contribution is -2.39. The minimum absolute atomic E-state index is 0.109. The lowest BCUT2D eigenvalue weighted by molar-refractivity contribution is -0.119. The van der Waals surface area contributed by atoms with Crippen molar-refractivity contribution >= 4 is 62.6 Å². The van der Waals surface area contributed by atoms with Gasteiger partial charge in [-0.2, -0.15) is 5.10 Å². The number of aromatic nitrogens is 1. The molecule has 3 aromatic rings. The summed E-state index contributed by atoms with van der Waals surface area (Å²) < 4.78 is 27.4. The molecule has 33 heavy (non-hydrogen) atoms. The van der Waals surface area contributed by atoms with Crippen LogP contribution in [0.15, 0.2) is 53.6 Å². The third-order valence-electron chi connectivity index (χ3n) is 4.81. The van der Waals surface area contributed by atoms with Crippen LogP contribution < -0.4 is 9.73 Å². The van der Waals surface area contributed by atoms with E-state index >= 15 is 0 Å². The van der Waals surface area contributed by atoms with Gasteiger partial charge in [0.05, 0.1) is 23.2 Å². The first-order valence-electron chi connectivity index (χ1n) is 9.67. The molecule has 0 unspecified atom stereocenters. The Hall–Kier alpha value is -2.52. The largest absolute Gasteiger partial charge is 0.318 e. The van der Waals surface area contributed by atoms with Crippen molar-refractivity contribution in [2.45, 2.75) is 13.8 Å². The Morgan fingerprint density at radius 2 is 1.70 bits per heavy atom. The Morgan fingerprint density at radius 3 is 2.33 bits per heavy atom. The summed E-state index contributed by atoms with van der Waals surface area (Å²) in [6.45, 7) is 3.37. The first-order valence-corrected chi connectivity index (χ1v) is 12.6. The number of benzene rings is 2. The van der Waals surface area contributed by atoms with Crippen molar-refractivity contribution in [2.24, 2.45) is 5.10 Å². The number of rotatable bonds is 7. The van der Waals surface area contributed by atoms with E-state index < -0.39 is 22.5 Å². The number of hydrogen-bond acceptors (Lipinski definition) is 4. The smallest absolute Gasteiger partial charge is 0.260 e. The quantitative estimate of drug-likeness (QED) is 0.348. The van der Waals surface area contributed by atoms with Crippen molar-refractivity contribution < 1.29 is 13.2 Å². The van der Waals surface area contributed by atoms with Crippen molar-refractivity contribution in [2.75, 3.05) is 17.1 Å². The number of hydrogen-bond donors (Lipinski definition) is 1. The molecule has 0 fully saturated rings. The highest BCUT2D eigenvalue weighted by atomic mass is 35.5. The van der Waals surface area contributed by atoms with E-state index in [1.54, 1.807) is 0 Å². The standard InChI is InChI=1S/C22H21Cl3N4O3S/c1-14-10-16(15(2)29(14)19-7-4-17(23)5-8-19)12-26-27-22(30)13-28(33(3,31)32)21-11-18(24)6-9-20(21)25/h4-12H,13H2,1-3H3,(H,27,30)/b26-12-. The minimum atomic E-state index is -3.81.